The molecule has 8 heteroatoms. The van der Waals surface area contributed by atoms with E-state index >= 15 is 0 Å². The normalized spacial score (nSPS) is 15.0. The van der Waals surface area contributed by atoms with Crippen molar-refractivity contribution in [3.05, 3.63) is 58.9 Å². The Morgan fingerprint density at radius 1 is 1.26 bits per heavy atom. The number of amides is 1. The van der Waals surface area contributed by atoms with Gasteiger partial charge in [0.05, 0.1) is 18.7 Å². The van der Waals surface area contributed by atoms with Gasteiger partial charge in [0.1, 0.15) is 11.4 Å². The Balaban J connectivity index is 1.58. The van der Waals surface area contributed by atoms with Crippen molar-refractivity contribution >= 4 is 11.8 Å². The lowest BCUT2D eigenvalue weighted by Crippen LogP contribution is -2.34. The maximum Gasteiger partial charge on any atom is 0.408 e. The lowest BCUT2D eigenvalue weighted by molar-refractivity contribution is 0.0503. The van der Waals surface area contributed by atoms with E-state index in [-0.39, 0.29) is 12.1 Å². The molecule has 1 N–H and O–H groups in total. The molecule has 0 saturated carbocycles. The summed E-state index contributed by atoms with van der Waals surface area (Å²) >= 11 is 0. The molecule has 0 bridgehead atoms. The van der Waals surface area contributed by atoms with E-state index < -0.39 is 11.7 Å². The summed E-state index contributed by atoms with van der Waals surface area (Å²) in [7, 11) is 0. The summed E-state index contributed by atoms with van der Waals surface area (Å²) in [6, 6.07) is 11.0. The highest BCUT2D eigenvalue weighted by Gasteiger charge is 2.29. The van der Waals surface area contributed by atoms with E-state index in [0.29, 0.717) is 28.7 Å². The smallest absolute Gasteiger partial charge is 0.408 e. The highest BCUT2D eigenvalue weighted by molar-refractivity contribution is 5.72. The fourth-order valence-electron chi connectivity index (χ4n) is 4.01. The minimum absolute atomic E-state index is 0.0323. The van der Waals surface area contributed by atoms with E-state index in [2.05, 4.69) is 20.3 Å². The summed E-state index contributed by atoms with van der Waals surface area (Å²) in [5.74, 6) is 1.32. The Morgan fingerprint density at radius 3 is 2.76 bits per heavy atom. The van der Waals surface area contributed by atoms with Gasteiger partial charge in [0, 0.05) is 11.1 Å². The predicted molar refractivity (Wildman–Crippen MR) is 128 cm³/mol. The fourth-order valence-corrected chi connectivity index (χ4v) is 4.01. The molecule has 8 nitrogen and oxygen atoms in total. The van der Waals surface area contributed by atoms with Crippen LogP contribution in [0.15, 0.2) is 40.9 Å². The van der Waals surface area contributed by atoms with Crippen LogP contribution >= 0.6 is 0 Å². The second kappa shape index (κ2) is 9.18. The molecule has 0 unspecified atom stereocenters. The summed E-state index contributed by atoms with van der Waals surface area (Å²) in [5.41, 5.74) is 3.46. The number of alkyl carbamates (subject to hydrolysis) is 1. The predicted octanol–water partition coefficient (Wildman–Crippen LogP) is 6.25. The van der Waals surface area contributed by atoms with Crippen LogP contribution in [0.4, 0.5) is 10.5 Å². The van der Waals surface area contributed by atoms with Crippen molar-refractivity contribution in [2.45, 2.75) is 65.2 Å². The summed E-state index contributed by atoms with van der Waals surface area (Å²) in [5, 5.41) is 7.16. The number of rotatable bonds is 5. The number of carbonyl (C=O) groups is 1. The number of nitrogens with one attached hydrogen (secondary N) is 1. The van der Waals surface area contributed by atoms with E-state index in [9.17, 15) is 4.79 Å². The quantitative estimate of drug-likeness (QED) is 0.452. The van der Waals surface area contributed by atoms with Gasteiger partial charge in [0.2, 0.25) is 11.5 Å². The molecule has 1 aliphatic carbocycles. The number of benzene rings is 2. The number of nitrogens with zero attached hydrogens (tertiary/aromatic N) is 3. The molecule has 3 aromatic rings. The van der Waals surface area contributed by atoms with Crippen molar-refractivity contribution in [2.24, 2.45) is 0 Å². The molecule has 0 fully saturated rings. The topological polar surface area (TPSA) is 90.8 Å². The molecule has 1 aliphatic rings. The number of ether oxygens (including phenoxy) is 2. The maximum absolute atomic E-state index is 12.3. The Labute approximate surface area is 199 Å². The van der Waals surface area contributed by atoms with E-state index in [1.807, 2.05) is 52.8 Å². The average molecular weight is 461 g/mol. The van der Waals surface area contributed by atoms with Crippen LogP contribution in [-0.4, -0.2) is 27.9 Å². The lowest BCUT2D eigenvalue weighted by Gasteiger charge is -2.22. The average Bonchev–Trinajstić information content (AvgIpc) is 3.40. The van der Waals surface area contributed by atoms with Crippen molar-refractivity contribution in [2.75, 3.05) is 0 Å². The highest BCUT2D eigenvalue weighted by Crippen LogP contribution is 2.38. The van der Waals surface area contributed by atoms with E-state index in [0.717, 1.165) is 29.5 Å². The van der Waals surface area contributed by atoms with Gasteiger partial charge in [0.25, 0.3) is 5.89 Å². The van der Waals surface area contributed by atoms with Crippen LogP contribution in [0.25, 0.3) is 27.7 Å². The van der Waals surface area contributed by atoms with Gasteiger partial charge in [0.15, 0.2) is 0 Å². The van der Waals surface area contributed by atoms with Gasteiger partial charge in [-0.25, -0.2) is 9.64 Å². The number of hydrogen-bond acceptors (Lipinski definition) is 6. The first kappa shape index (κ1) is 23.3. The van der Waals surface area contributed by atoms with Gasteiger partial charge in [-0.05, 0) is 76.8 Å². The number of hydrogen-bond donors (Lipinski definition) is 1. The van der Waals surface area contributed by atoms with Crippen LogP contribution in [0.1, 0.15) is 58.2 Å². The maximum atomic E-state index is 12.3. The van der Waals surface area contributed by atoms with Gasteiger partial charge in [-0.2, -0.15) is 4.98 Å². The SMILES string of the molecule is [C-]#[N+]c1cc(-c2nc(-c3cccc4c3CC[C@@H]4NC(=O)OC(C)(C)C)no2)ccc1OC(C)C. The largest absolute Gasteiger partial charge is 0.502 e. The van der Waals surface area contributed by atoms with Crippen LogP contribution in [0, 0.1) is 6.57 Å². The molecule has 0 spiro atoms. The Kier molecular flexibility index (Phi) is 6.29. The fraction of sp³-hybridized carbons (Fsp3) is 0.385. The zero-order valence-corrected chi connectivity index (χ0v) is 20.0. The molecular weight excluding hydrogens is 432 g/mol. The number of carbonyl (C=O) groups excluding carboxylic acids is 1. The molecule has 0 saturated heterocycles. The van der Waals surface area contributed by atoms with Crippen LogP contribution < -0.4 is 10.1 Å². The standard InChI is InChI=1S/C26H28N4O4/c1-15(2)32-22-13-10-16(14-21(22)27-6)24-29-23(30-34-24)19-9-7-8-18-17(19)11-12-20(18)28-25(31)33-26(3,4)5/h7-10,13-15,20H,11-12H2,1-5H3,(H,28,31)/t20-/m0/s1. The summed E-state index contributed by atoms with van der Waals surface area (Å²) in [6.45, 7) is 16.8. The first-order chi connectivity index (χ1) is 16.1. The van der Waals surface area contributed by atoms with Crippen LogP contribution in [0.5, 0.6) is 5.75 Å². The minimum atomic E-state index is -0.555. The highest BCUT2D eigenvalue weighted by atomic mass is 16.6. The molecule has 1 heterocycles. The first-order valence-electron chi connectivity index (χ1n) is 11.3. The molecule has 0 aliphatic heterocycles. The zero-order valence-electron chi connectivity index (χ0n) is 20.0. The van der Waals surface area contributed by atoms with Gasteiger partial charge in [-0.3, -0.25) is 0 Å². The Morgan fingerprint density at radius 2 is 2.06 bits per heavy atom. The third kappa shape index (κ3) is 5.04. The monoisotopic (exact) mass is 460 g/mol. The Hall–Kier alpha value is -3.86. The molecule has 176 valence electrons. The van der Waals surface area contributed by atoms with Gasteiger partial charge >= 0.3 is 6.09 Å². The van der Waals surface area contributed by atoms with Crippen LogP contribution in [0.2, 0.25) is 0 Å². The number of fused-ring (bicyclic) bond motifs is 1. The van der Waals surface area contributed by atoms with E-state index in [1.54, 1.807) is 18.2 Å². The summed E-state index contributed by atoms with van der Waals surface area (Å²) < 4.78 is 16.6. The van der Waals surface area contributed by atoms with Gasteiger partial charge in [-0.1, -0.05) is 23.4 Å². The molecular formula is C26H28N4O4. The minimum Gasteiger partial charge on any atom is -0.502 e. The third-order valence-electron chi connectivity index (χ3n) is 5.32. The van der Waals surface area contributed by atoms with Crippen molar-refractivity contribution in [3.8, 4) is 28.6 Å². The molecule has 1 amide bonds. The van der Waals surface area contributed by atoms with Crippen molar-refractivity contribution in [1.82, 2.24) is 15.5 Å². The first-order valence-corrected chi connectivity index (χ1v) is 11.3. The summed E-state index contributed by atoms with van der Waals surface area (Å²) in [6.07, 6.45) is 1.08. The van der Waals surface area contributed by atoms with E-state index in [4.69, 9.17) is 20.6 Å². The third-order valence-corrected chi connectivity index (χ3v) is 5.32. The Bertz CT molecular complexity index is 1250. The summed E-state index contributed by atoms with van der Waals surface area (Å²) in [4.78, 5) is 20.4. The van der Waals surface area contributed by atoms with Gasteiger partial charge < -0.3 is 19.3 Å². The lowest BCUT2D eigenvalue weighted by atomic mass is 10.0. The van der Waals surface area contributed by atoms with Crippen LogP contribution in [-0.2, 0) is 11.2 Å². The van der Waals surface area contributed by atoms with Crippen molar-refractivity contribution in [3.63, 3.8) is 0 Å². The van der Waals surface area contributed by atoms with E-state index in [1.165, 1.54) is 0 Å². The second-order valence-corrected chi connectivity index (χ2v) is 9.49. The molecule has 0 radical (unpaired) electrons. The molecule has 1 atom stereocenters. The second-order valence-electron chi connectivity index (χ2n) is 9.49. The van der Waals surface area contributed by atoms with Crippen LogP contribution in [0.3, 0.4) is 0 Å². The van der Waals surface area contributed by atoms with Crippen molar-refractivity contribution < 1.29 is 18.8 Å². The molecule has 4 rings (SSSR count). The van der Waals surface area contributed by atoms with Gasteiger partial charge in [-0.15, -0.1) is 0 Å². The molecule has 2 aromatic carbocycles. The molecule has 34 heavy (non-hydrogen) atoms. The number of aromatic nitrogens is 2. The molecule has 1 aromatic heterocycles. The van der Waals surface area contributed by atoms with Crippen molar-refractivity contribution in [1.29, 1.82) is 0 Å². The zero-order chi connectivity index (χ0) is 24.5.